The molecule has 0 radical (unpaired) electrons. The fourth-order valence-corrected chi connectivity index (χ4v) is 2.03. The van der Waals surface area contributed by atoms with Crippen LogP contribution in [0.4, 0.5) is 0 Å². The molecule has 0 saturated heterocycles. The summed E-state index contributed by atoms with van der Waals surface area (Å²) in [5.74, 6) is 1.20. The van der Waals surface area contributed by atoms with Crippen molar-refractivity contribution < 1.29 is 9.47 Å². The molecule has 3 rings (SSSR count). The first-order valence-electron chi connectivity index (χ1n) is 5.36. The lowest BCUT2D eigenvalue weighted by atomic mass is 10.2. The molecule has 0 bridgehead atoms. The van der Waals surface area contributed by atoms with Crippen LogP contribution in [0, 0.1) is 0 Å². The SMILES string of the molecule is COc1cc2ccc3n[nH]c(=O)n3c2cc1OC. The molecule has 6 nitrogen and oxygen atoms in total. The fourth-order valence-electron chi connectivity index (χ4n) is 2.03. The second-order valence-electron chi connectivity index (χ2n) is 3.82. The minimum absolute atomic E-state index is 0.275. The molecule has 3 aromatic rings. The topological polar surface area (TPSA) is 68.6 Å². The molecule has 6 heteroatoms. The standard InChI is InChI=1S/C12H11N3O3/c1-17-9-5-7-3-4-11-13-14-12(16)15(11)8(7)6-10(9)18-2/h3-6H,1-2H3,(H,14,16). The van der Waals surface area contributed by atoms with Crippen molar-refractivity contribution in [1.29, 1.82) is 0 Å². The van der Waals surface area contributed by atoms with Gasteiger partial charge >= 0.3 is 5.69 Å². The number of benzene rings is 1. The zero-order valence-corrected chi connectivity index (χ0v) is 9.93. The Bertz CT molecular complexity index is 788. The number of H-pyrrole nitrogens is 1. The maximum Gasteiger partial charge on any atom is 0.348 e. The average molecular weight is 245 g/mol. The summed E-state index contributed by atoms with van der Waals surface area (Å²) in [6, 6.07) is 7.24. The normalized spacial score (nSPS) is 11.0. The van der Waals surface area contributed by atoms with Crippen LogP contribution in [0.1, 0.15) is 0 Å². The number of nitrogens with zero attached hydrogens (tertiary/aromatic N) is 2. The van der Waals surface area contributed by atoms with Gasteiger partial charge in [-0.15, -0.1) is 0 Å². The third kappa shape index (κ3) is 1.35. The van der Waals surface area contributed by atoms with Crippen LogP contribution in [0.25, 0.3) is 16.6 Å². The van der Waals surface area contributed by atoms with Gasteiger partial charge in [0.2, 0.25) is 0 Å². The molecule has 18 heavy (non-hydrogen) atoms. The van der Waals surface area contributed by atoms with E-state index < -0.39 is 0 Å². The van der Waals surface area contributed by atoms with Crippen LogP contribution in [0.15, 0.2) is 29.1 Å². The van der Waals surface area contributed by atoms with E-state index in [-0.39, 0.29) is 5.69 Å². The van der Waals surface area contributed by atoms with Crippen LogP contribution in [0.3, 0.4) is 0 Å². The Morgan fingerprint density at radius 1 is 1.17 bits per heavy atom. The second-order valence-corrected chi connectivity index (χ2v) is 3.82. The molecule has 2 aromatic heterocycles. The third-order valence-corrected chi connectivity index (χ3v) is 2.88. The van der Waals surface area contributed by atoms with Crippen molar-refractivity contribution in [1.82, 2.24) is 14.6 Å². The first-order valence-corrected chi connectivity index (χ1v) is 5.36. The monoisotopic (exact) mass is 245 g/mol. The highest BCUT2D eigenvalue weighted by molar-refractivity contribution is 5.85. The van der Waals surface area contributed by atoms with Gasteiger partial charge in [-0.3, -0.25) is 0 Å². The number of aromatic nitrogens is 3. The molecule has 0 fully saturated rings. The summed E-state index contributed by atoms with van der Waals surface area (Å²) < 4.78 is 12.0. The number of hydrogen-bond acceptors (Lipinski definition) is 4. The van der Waals surface area contributed by atoms with Gasteiger partial charge in [0.25, 0.3) is 0 Å². The number of aromatic amines is 1. The van der Waals surface area contributed by atoms with Crippen LogP contribution in [0.2, 0.25) is 0 Å². The van der Waals surface area contributed by atoms with Gasteiger partial charge in [0.05, 0.1) is 19.7 Å². The highest BCUT2D eigenvalue weighted by atomic mass is 16.5. The first kappa shape index (κ1) is 10.6. The highest BCUT2D eigenvalue weighted by Gasteiger charge is 2.10. The lowest BCUT2D eigenvalue weighted by Crippen LogP contribution is -2.10. The number of rotatable bonds is 2. The molecule has 2 heterocycles. The summed E-state index contributed by atoms with van der Waals surface area (Å²) in [5, 5.41) is 7.22. The zero-order chi connectivity index (χ0) is 12.7. The molecule has 0 aliphatic heterocycles. The number of methoxy groups -OCH3 is 2. The molecule has 0 aliphatic rings. The lowest BCUT2D eigenvalue weighted by Gasteiger charge is -2.09. The van der Waals surface area contributed by atoms with Crippen LogP contribution in [0.5, 0.6) is 11.5 Å². The van der Waals surface area contributed by atoms with Crippen molar-refractivity contribution in [3.63, 3.8) is 0 Å². The van der Waals surface area contributed by atoms with E-state index in [1.54, 1.807) is 26.4 Å². The summed E-state index contributed by atoms with van der Waals surface area (Å²) in [7, 11) is 3.13. The molecule has 0 atom stereocenters. The van der Waals surface area contributed by atoms with Crippen LogP contribution in [-0.2, 0) is 0 Å². The Kier molecular flexibility index (Phi) is 2.22. The number of fused-ring (bicyclic) bond motifs is 3. The van der Waals surface area contributed by atoms with Crippen molar-refractivity contribution in [2.75, 3.05) is 14.2 Å². The van der Waals surface area contributed by atoms with E-state index in [4.69, 9.17) is 9.47 Å². The molecule has 0 spiro atoms. The van der Waals surface area contributed by atoms with Crippen molar-refractivity contribution in [2.24, 2.45) is 0 Å². The molecule has 0 unspecified atom stereocenters. The number of pyridine rings is 1. The minimum atomic E-state index is -0.275. The summed E-state index contributed by atoms with van der Waals surface area (Å²) in [4.78, 5) is 11.7. The number of hydrogen-bond donors (Lipinski definition) is 1. The lowest BCUT2D eigenvalue weighted by molar-refractivity contribution is 0.355. The summed E-state index contributed by atoms with van der Waals surface area (Å²) in [5.41, 5.74) is 1.02. The first-order chi connectivity index (χ1) is 8.74. The van der Waals surface area contributed by atoms with Crippen molar-refractivity contribution in [3.8, 4) is 11.5 Å². The van der Waals surface area contributed by atoms with Crippen LogP contribution in [-0.4, -0.2) is 28.8 Å². The van der Waals surface area contributed by atoms with Gasteiger partial charge in [0.1, 0.15) is 0 Å². The van der Waals surface area contributed by atoms with Gasteiger partial charge in [0, 0.05) is 11.5 Å². The maximum absolute atomic E-state index is 11.7. The summed E-state index contributed by atoms with van der Waals surface area (Å²) >= 11 is 0. The average Bonchev–Trinajstić information content (AvgIpc) is 2.79. The smallest absolute Gasteiger partial charge is 0.348 e. The Morgan fingerprint density at radius 3 is 2.61 bits per heavy atom. The molecule has 1 aromatic carbocycles. The van der Waals surface area contributed by atoms with Crippen LogP contribution >= 0.6 is 0 Å². The van der Waals surface area contributed by atoms with Gasteiger partial charge in [-0.1, -0.05) is 0 Å². The highest BCUT2D eigenvalue weighted by Crippen LogP contribution is 2.31. The number of nitrogens with one attached hydrogen (secondary N) is 1. The van der Waals surface area contributed by atoms with Gasteiger partial charge in [-0.2, -0.15) is 5.10 Å². The Morgan fingerprint density at radius 2 is 1.89 bits per heavy atom. The van der Waals surface area contributed by atoms with Crippen LogP contribution < -0.4 is 15.2 Å². The fraction of sp³-hybridized carbons (Fsp3) is 0.167. The van der Waals surface area contributed by atoms with E-state index in [1.165, 1.54) is 4.40 Å². The predicted molar refractivity (Wildman–Crippen MR) is 66.4 cm³/mol. The Hall–Kier alpha value is -2.50. The molecule has 1 N–H and O–H groups in total. The van der Waals surface area contributed by atoms with Crippen molar-refractivity contribution >= 4 is 16.6 Å². The van der Waals surface area contributed by atoms with E-state index in [0.29, 0.717) is 17.1 Å². The molecule has 0 aliphatic carbocycles. The van der Waals surface area contributed by atoms with E-state index in [0.717, 1.165) is 10.9 Å². The number of ether oxygens (including phenoxy) is 2. The third-order valence-electron chi connectivity index (χ3n) is 2.88. The zero-order valence-electron chi connectivity index (χ0n) is 9.93. The second kappa shape index (κ2) is 3.76. The van der Waals surface area contributed by atoms with E-state index >= 15 is 0 Å². The van der Waals surface area contributed by atoms with Gasteiger partial charge in [0.15, 0.2) is 17.1 Å². The molecule has 0 saturated carbocycles. The molecular weight excluding hydrogens is 234 g/mol. The quantitative estimate of drug-likeness (QED) is 0.736. The van der Waals surface area contributed by atoms with Gasteiger partial charge in [-0.05, 0) is 18.2 Å². The van der Waals surface area contributed by atoms with Gasteiger partial charge in [-0.25, -0.2) is 14.3 Å². The minimum Gasteiger partial charge on any atom is -0.493 e. The molecule has 92 valence electrons. The largest absolute Gasteiger partial charge is 0.493 e. The molecule has 0 amide bonds. The van der Waals surface area contributed by atoms with Crippen molar-refractivity contribution in [2.45, 2.75) is 0 Å². The van der Waals surface area contributed by atoms with E-state index in [9.17, 15) is 4.79 Å². The maximum atomic E-state index is 11.7. The van der Waals surface area contributed by atoms with Gasteiger partial charge < -0.3 is 9.47 Å². The Balaban J connectivity index is 2.50. The summed E-state index contributed by atoms with van der Waals surface area (Å²) in [6.45, 7) is 0. The predicted octanol–water partition coefficient (Wildman–Crippen LogP) is 1.19. The Labute approximate surface area is 102 Å². The molecular formula is C12H11N3O3. The van der Waals surface area contributed by atoms with E-state index in [2.05, 4.69) is 10.2 Å². The summed E-state index contributed by atoms with van der Waals surface area (Å²) in [6.07, 6.45) is 0. The van der Waals surface area contributed by atoms with E-state index in [1.807, 2.05) is 12.1 Å². The van der Waals surface area contributed by atoms with Crippen molar-refractivity contribution in [3.05, 3.63) is 34.7 Å².